The molecular formula is C16H16FN3. The number of nitrogens with zero attached hydrogens (tertiary/aromatic N) is 2. The fraction of sp³-hybridized carbons (Fsp3) is 0.188. The summed E-state index contributed by atoms with van der Waals surface area (Å²) < 4.78 is 15.8. The molecule has 0 unspecified atom stereocenters. The zero-order chi connectivity index (χ0) is 14.1. The van der Waals surface area contributed by atoms with Crippen LogP contribution in [-0.2, 0) is 13.5 Å². The maximum absolute atomic E-state index is 13.8. The Kier molecular flexibility index (Phi) is 3.24. The van der Waals surface area contributed by atoms with Gasteiger partial charge >= 0.3 is 0 Å². The Labute approximate surface area is 116 Å². The summed E-state index contributed by atoms with van der Waals surface area (Å²) in [5.74, 6) is 0.481. The second kappa shape index (κ2) is 5.06. The van der Waals surface area contributed by atoms with Crippen LogP contribution in [-0.4, -0.2) is 16.1 Å². The molecule has 102 valence electrons. The number of nitrogens with two attached hydrogens (primary N) is 1. The van der Waals surface area contributed by atoms with Crippen molar-refractivity contribution >= 4 is 11.0 Å². The molecule has 3 rings (SSSR count). The molecule has 0 bridgehead atoms. The van der Waals surface area contributed by atoms with Crippen molar-refractivity contribution in [3.05, 3.63) is 53.8 Å². The maximum atomic E-state index is 13.8. The molecule has 0 amide bonds. The summed E-state index contributed by atoms with van der Waals surface area (Å²) in [6, 6.07) is 13.0. The summed E-state index contributed by atoms with van der Waals surface area (Å²) in [5.41, 5.74) is 9.00. The van der Waals surface area contributed by atoms with Crippen LogP contribution in [0, 0.1) is 5.82 Å². The minimum absolute atomic E-state index is 0.291. The number of halogens is 1. The van der Waals surface area contributed by atoms with E-state index in [2.05, 4.69) is 4.98 Å². The third-order valence-electron chi connectivity index (χ3n) is 3.53. The first-order valence-corrected chi connectivity index (χ1v) is 6.61. The normalized spacial score (nSPS) is 11.2. The SMILES string of the molecule is Cn1c(-c2ccccc2CCN)nc2c(F)cccc21. The molecule has 0 aliphatic carbocycles. The minimum Gasteiger partial charge on any atom is -0.330 e. The van der Waals surface area contributed by atoms with E-state index >= 15 is 0 Å². The minimum atomic E-state index is -0.291. The van der Waals surface area contributed by atoms with Gasteiger partial charge in [0, 0.05) is 12.6 Å². The van der Waals surface area contributed by atoms with E-state index in [0.29, 0.717) is 12.1 Å². The van der Waals surface area contributed by atoms with E-state index < -0.39 is 0 Å². The molecule has 2 aromatic carbocycles. The topological polar surface area (TPSA) is 43.8 Å². The van der Waals surface area contributed by atoms with Crippen LogP contribution < -0.4 is 5.73 Å². The monoisotopic (exact) mass is 269 g/mol. The van der Waals surface area contributed by atoms with E-state index in [1.165, 1.54) is 6.07 Å². The van der Waals surface area contributed by atoms with Crippen LogP contribution in [0.15, 0.2) is 42.5 Å². The number of rotatable bonds is 3. The van der Waals surface area contributed by atoms with Crippen LogP contribution in [0.2, 0.25) is 0 Å². The van der Waals surface area contributed by atoms with Crippen molar-refractivity contribution in [2.75, 3.05) is 6.54 Å². The van der Waals surface area contributed by atoms with Crippen molar-refractivity contribution in [1.29, 1.82) is 0 Å². The lowest BCUT2D eigenvalue weighted by atomic mass is 10.0. The number of hydrogen-bond acceptors (Lipinski definition) is 2. The molecule has 0 spiro atoms. The molecule has 0 aliphatic heterocycles. The molecule has 20 heavy (non-hydrogen) atoms. The van der Waals surface area contributed by atoms with Gasteiger partial charge in [0.25, 0.3) is 0 Å². The molecule has 0 atom stereocenters. The van der Waals surface area contributed by atoms with Gasteiger partial charge in [-0.2, -0.15) is 0 Å². The Morgan fingerprint density at radius 1 is 1.15 bits per heavy atom. The van der Waals surface area contributed by atoms with Crippen LogP contribution in [0.5, 0.6) is 0 Å². The number of para-hydroxylation sites is 1. The smallest absolute Gasteiger partial charge is 0.151 e. The number of fused-ring (bicyclic) bond motifs is 1. The van der Waals surface area contributed by atoms with Gasteiger partial charge in [-0.3, -0.25) is 0 Å². The molecule has 0 saturated carbocycles. The molecule has 0 saturated heterocycles. The largest absolute Gasteiger partial charge is 0.330 e. The number of aromatic nitrogens is 2. The fourth-order valence-corrected chi connectivity index (χ4v) is 2.53. The van der Waals surface area contributed by atoms with E-state index in [1.807, 2.05) is 41.9 Å². The van der Waals surface area contributed by atoms with Crippen molar-refractivity contribution in [3.63, 3.8) is 0 Å². The Hall–Kier alpha value is -2.20. The predicted molar refractivity (Wildman–Crippen MR) is 78.9 cm³/mol. The third kappa shape index (κ3) is 1.98. The van der Waals surface area contributed by atoms with Gasteiger partial charge in [0.15, 0.2) is 5.82 Å². The highest BCUT2D eigenvalue weighted by Crippen LogP contribution is 2.27. The Morgan fingerprint density at radius 3 is 2.70 bits per heavy atom. The molecule has 3 aromatic rings. The number of aryl methyl sites for hydroxylation is 1. The van der Waals surface area contributed by atoms with Crippen LogP contribution in [0.3, 0.4) is 0 Å². The van der Waals surface area contributed by atoms with Crippen LogP contribution in [0.4, 0.5) is 4.39 Å². The maximum Gasteiger partial charge on any atom is 0.151 e. The zero-order valence-electron chi connectivity index (χ0n) is 11.3. The van der Waals surface area contributed by atoms with Gasteiger partial charge in [0.1, 0.15) is 11.3 Å². The van der Waals surface area contributed by atoms with Crippen LogP contribution in [0.1, 0.15) is 5.56 Å². The van der Waals surface area contributed by atoms with Gasteiger partial charge < -0.3 is 10.3 Å². The van der Waals surface area contributed by atoms with Gasteiger partial charge in [-0.05, 0) is 30.7 Å². The predicted octanol–water partition coefficient (Wildman–Crippen LogP) is 2.88. The molecule has 0 radical (unpaired) electrons. The highest BCUT2D eigenvalue weighted by Gasteiger charge is 2.14. The van der Waals surface area contributed by atoms with Crippen molar-refractivity contribution in [2.45, 2.75) is 6.42 Å². The summed E-state index contributed by atoms with van der Waals surface area (Å²) in [6.07, 6.45) is 0.780. The van der Waals surface area contributed by atoms with Crippen LogP contribution >= 0.6 is 0 Å². The Morgan fingerprint density at radius 2 is 1.95 bits per heavy atom. The second-order valence-corrected chi connectivity index (χ2v) is 4.80. The number of hydrogen-bond donors (Lipinski definition) is 1. The Bertz CT molecular complexity index is 762. The molecular weight excluding hydrogens is 253 g/mol. The average Bonchev–Trinajstić information content (AvgIpc) is 2.79. The van der Waals surface area contributed by atoms with Crippen molar-refractivity contribution in [2.24, 2.45) is 12.8 Å². The standard InChI is InChI=1S/C16H16FN3/c1-20-14-8-4-7-13(17)15(14)19-16(20)12-6-3-2-5-11(12)9-10-18/h2-8H,9-10,18H2,1H3. The van der Waals surface area contributed by atoms with Crippen LogP contribution in [0.25, 0.3) is 22.4 Å². The van der Waals surface area contributed by atoms with Gasteiger partial charge in [-0.15, -0.1) is 0 Å². The fourth-order valence-electron chi connectivity index (χ4n) is 2.53. The van der Waals surface area contributed by atoms with E-state index in [9.17, 15) is 4.39 Å². The number of imidazole rings is 1. The van der Waals surface area contributed by atoms with Gasteiger partial charge in [0.2, 0.25) is 0 Å². The second-order valence-electron chi connectivity index (χ2n) is 4.80. The molecule has 0 aliphatic rings. The quantitative estimate of drug-likeness (QED) is 0.794. The van der Waals surface area contributed by atoms with Gasteiger partial charge in [0.05, 0.1) is 5.52 Å². The molecule has 3 nitrogen and oxygen atoms in total. The third-order valence-corrected chi connectivity index (χ3v) is 3.53. The first-order chi connectivity index (χ1) is 9.72. The van der Waals surface area contributed by atoms with E-state index in [4.69, 9.17) is 5.73 Å². The lowest BCUT2D eigenvalue weighted by molar-refractivity contribution is 0.637. The van der Waals surface area contributed by atoms with Gasteiger partial charge in [-0.25, -0.2) is 9.37 Å². The van der Waals surface area contributed by atoms with Crippen molar-refractivity contribution in [1.82, 2.24) is 9.55 Å². The highest BCUT2D eigenvalue weighted by atomic mass is 19.1. The first kappa shape index (κ1) is 12.8. The summed E-state index contributed by atoms with van der Waals surface area (Å²) in [7, 11) is 1.91. The lowest BCUT2D eigenvalue weighted by Gasteiger charge is -2.08. The van der Waals surface area contributed by atoms with E-state index in [1.54, 1.807) is 6.07 Å². The van der Waals surface area contributed by atoms with Crippen molar-refractivity contribution in [3.8, 4) is 11.4 Å². The summed E-state index contributed by atoms with van der Waals surface area (Å²) in [5, 5.41) is 0. The first-order valence-electron chi connectivity index (χ1n) is 6.61. The van der Waals surface area contributed by atoms with Crippen molar-refractivity contribution < 1.29 is 4.39 Å². The lowest BCUT2D eigenvalue weighted by Crippen LogP contribution is -2.05. The summed E-state index contributed by atoms with van der Waals surface area (Å²) in [4.78, 5) is 4.47. The highest BCUT2D eigenvalue weighted by molar-refractivity contribution is 5.81. The van der Waals surface area contributed by atoms with E-state index in [0.717, 1.165) is 28.9 Å². The summed E-state index contributed by atoms with van der Waals surface area (Å²) >= 11 is 0. The summed E-state index contributed by atoms with van der Waals surface area (Å²) in [6.45, 7) is 0.579. The number of benzene rings is 2. The molecule has 0 fully saturated rings. The molecule has 1 heterocycles. The van der Waals surface area contributed by atoms with Gasteiger partial charge in [-0.1, -0.05) is 30.3 Å². The molecule has 2 N–H and O–H groups in total. The Balaban J connectivity index is 2.25. The average molecular weight is 269 g/mol. The molecule has 4 heteroatoms. The molecule has 1 aromatic heterocycles. The van der Waals surface area contributed by atoms with E-state index in [-0.39, 0.29) is 5.82 Å². The zero-order valence-corrected chi connectivity index (χ0v) is 11.3.